The lowest BCUT2D eigenvalue weighted by atomic mass is 9.86. The first kappa shape index (κ1) is 14.4. The van der Waals surface area contributed by atoms with E-state index in [1.165, 1.54) is 11.1 Å². The van der Waals surface area contributed by atoms with Gasteiger partial charge in [0.2, 0.25) is 0 Å². The molecule has 0 heterocycles. The zero-order valence-corrected chi connectivity index (χ0v) is 12.3. The van der Waals surface area contributed by atoms with Crippen LogP contribution in [0.15, 0.2) is 48.5 Å². The van der Waals surface area contributed by atoms with Crippen molar-refractivity contribution in [2.24, 2.45) is 5.73 Å². The number of hydrogen-bond donors (Lipinski definition) is 1. The molecule has 0 amide bonds. The van der Waals surface area contributed by atoms with Gasteiger partial charge in [-0.2, -0.15) is 0 Å². The Kier molecular flexibility index (Phi) is 4.87. The van der Waals surface area contributed by atoms with Crippen molar-refractivity contribution in [3.05, 3.63) is 69.7 Å². The van der Waals surface area contributed by atoms with Crippen molar-refractivity contribution >= 4 is 23.2 Å². The Balaban J connectivity index is 2.41. The van der Waals surface area contributed by atoms with Crippen LogP contribution >= 0.6 is 23.2 Å². The van der Waals surface area contributed by atoms with Gasteiger partial charge in [0.05, 0.1) is 0 Å². The molecule has 0 radical (unpaired) electrons. The summed E-state index contributed by atoms with van der Waals surface area (Å²) in [5.41, 5.74) is 8.32. The maximum atomic E-state index is 6.09. The second-order valence-corrected chi connectivity index (χ2v) is 5.75. The average Bonchev–Trinajstić information content (AvgIpc) is 2.35. The van der Waals surface area contributed by atoms with Gasteiger partial charge < -0.3 is 5.73 Å². The molecular formula is C16H17Cl2N. The summed E-state index contributed by atoms with van der Waals surface area (Å²) in [5.74, 6) is 0.220. The molecule has 1 atom stereocenters. The first-order valence-electron chi connectivity index (χ1n) is 6.33. The third-order valence-electron chi connectivity index (χ3n) is 3.11. The number of nitrogens with two attached hydrogens (primary N) is 1. The molecule has 0 aliphatic rings. The van der Waals surface area contributed by atoms with E-state index in [2.05, 4.69) is 12.1 Å². The molecule has 0 saturated heterocycles. The molecule has 2 aromatic carbocycles. The highest BCUT2D eigenvalue weighted by Crippen LogP contribution is 2.31. The van der Waals surface area contributed by atoms with Crippen molar-refractivity contribution in [2.45, 2.75) is 25.3 Å². The third kappa shape index (κ3) is 3.97. The summed E-state index contributed by atoms with van der Waals surface area (Å²) in [7, 11) is 0. The summed E-state index contributed by atoms with van der Waals surface area (Å²) in [5, 5.41) is 1.49. The summed E-state index contributed by atoms with van der Waals surface area (Å²) in [6, 6.07) is 16.0. The Hall–Kier alpha value is -1.02. The van der Waals surface area contributed by atoms with E-state index in [1.807, 2.05) is 43.3 Å². The van der Waals surface area contributed by atoms with Gasteiger partial charge >= 0.3 is 0 Å². The monoisotopic (exact) mass is 293 g/mol. The lowest BCUT2D eigenvalue weighted by Gasteiger charge is -2.20. The molecule has 19 heavy (non-hydrogen) atoms. The molecule has 1 unspecified atom stereocenters. The van der Waals surface area contributed by atoms with Crippen molar-refractivity contribution in [3.8, 4) is 0 Å². The Morgan fingerprint density at radius 2 is 1.42 bits per heavy atom. The molecule has 2 rings (SSSR count). The highest BCUT2D eigenvalue weighted by molar-refractivity contribution is 6.31. The van der Waals surface area contributed by atoms with Crippen LogP contribution in [0.2, 0.25) is 10.0 Å². The van der Waals surface area contributed by atoms with Gasteiger partial charge in [0.1, 0.15) is 0 Å². The molecule has 0 aliphatic heterocycles. The van der Waals surface area contributed by atoms with Crippen LogP contribution in [0.4, 0.5) is 0 Å². The third-order valence-corrected chi connectivity index (χ3v) is 3.58. The fourth-order valence-electron chi connectivity index (χ4n) is 2.28. The smallest absolute Gasteiger partial charge is 0.0408 e. The van der Waals surface area contributed by atoms with Crippen molar-refractivity contribution in [2.75, 3.05) is 0 Å². The van der Waals surface area contributed by atoms with Crippen LogP contribution in [-0.2, 0) is 0 Å². The molecule has 2 aromatic rings. The molecule has 0 fully saturated rings. The molecule has 2 N–H and O–H groups in total. The zero-order chi connectivity index (χ0) is 13.8. The molecule has 0 saturated carbocycles. The van der Waals surface area contributed by atoms with E-state index in [0.29, 0.717) is 0 Å². The minimum absolute atomic E-state index is 0.114. The van der Waals surface area contributed by atoms with Crippen LogP contribution in [0.25, 0.3) is 0 Å². The Morgan fingerprint density at radius 1 is 0.947 bits per heavy atom. The molecule has 3 heteroatoms. The number of rotatable bonds is 4. The zero-order valence-electron chi connectivity index (χ0n) is 10.8. The molecular weight excluding hydrogens is 277 g/mol. The second-order valence-electron chi connectivity index (χ2n) is 4.88. The van der Waals surface area contributed by atoms with Crippen LogP contribution in [-0.4, -0.2) is 6.04 Å². The predicted octanol–water partition coefficient (Wildman–Crippen LogP) is 4.86. The highest BCUT2D eigenvalue weighted by Gasteiger charge is 2.16. The first-order valence-corrected chi connectivity index (χ1v) is 7.08. The van der Waals surface area contributed by atoms with Gasteiger partial charge in [0.15, 0.2) is 0 Å². The molecule has 0 bridgehead atoms. The number of benzene rings is 2. The average molecular weight is 294 g/mol. The highest BCUT2D eigenvalue weighted by atomic mass is 35.5. The summed E-state index contributed by atoms with van der Waals surface area (Å²) in [4.78, 5) is 0. The molecule has 1 nitrogen and oxygen atoms in total. The number of hydrogen-bond acceptors (Lipinski definition) is 1. The molecule has 0 aromatic heterocycles. The first-order chi connectivity index (χ1) is 9.06. The van der Waals surface area contributed by atoms with Crippen LogP contribution in [0.5, 0.6) is 0 Å². The van der Waals surface area contributed by atoms with Gasteiger partial charge in [0.25, 0.3) is 0 Å². The topological polar surface area (TPSA) is 26.0 Å². The summed E-state index contributed by atoms with van der Waals surface area (Å²) in [6.07, 6.45) is 0.862. The van der Waals surface area contributed by atoms with Crippen molar-refractivity contribution in [1.29, 1.82) is 0 Å². The second kappa shape index (κ2) is 6.42. The summed E-state index contributed by atoms with van der Waals surface area (Å²) >= 11 is 12.2. The van der Waals surface area contributed by atoms with Gasteiger partial charge in [-0.25, -0.2) is 0 Å². The SMILES string of the molecule is CC(N)CC(c1cccc(Cl)c1)c1cccc(Cl)c1. The van der Waals surface area contributed by atoms with E-state index in [0.717, 1.165) is 16.5 Å². The standard InChI is InChI=1S/C16H17Cl2N/c1-11(19)8-16(12-4-2-6-14(17)9-12)13-5-3-7-15(18)10-13/h2-7,9-11,16H,8,19H2,1H3. The van der Waals surface area contributed by atoms with E-state index in [9.17, 15) is 0 Å². The van der Waals surface area contributed by atoms with E-state index in [4.69, 9.17) is 28.9 Å². The van der Waals surface area contributed by atoms with Gasteiger partial charge in [-0.3, -0.25) is 0 Å². The van der Waals surface area contributed by atoms with Gasteiger partial charge in [-0.1, -0.05) is 47.5 Å². The van der Waals surface area contributed by atoms with Gasteiger partial charge in [0, 0.05) is 22.0 Å². The van der Waals surface area contributed by atoms with Crippen molar-refractivity contribution in [1.82, 2.24) is 0 Å². The van der Waals surface area contributed by atoms with E-state index >= 15 is 0 Å². The normalized spacial score (nSPS) is 12.7. The Labute approximate surface area is 124 Å². The van der Waals surface area contributed by atoms with E-state index < -0.39 is 0 Å². The molecule has 0 spiro atoms. The maximum Gasteiger partial charge on any atom is 0.0408 e. The molecule has 0 aliphatic carbocycles. The quantitative estimate of drug-likeness (QED) is 0.856. The minimum Gasteiger partial charge on any atom is -0.328 e. The van der Waals surface area contributed by atoms with E-state index in [1.54, 1.807) is 0 Å². The largest absolute Gasteiger partial charge is 0.328 e. The fraction of sp³-hybridized carbons (Fsp3) is 0.250. The molecule has 100 valence electrons. The maximum absolute atomic E-state index is 6.09. The summed E-state index contributed by atoms with van der Waals surface area (Å²) < 4.78 is 0. The van der Waals surface area contributed by atoms with Gasteiger partial charge in [-0.05, 0) is 48.7 Å². The van der Waals surface area contributed by atoms with Gasteiger partial charge in [-0.15, -0.1) is 0 Å². The van der Waals surface area contributed by atoms with Crippen LogP contribution < -0.4 is 5.73 Å². The van der Waals surface area contributed by atoms with E-state index in [-0.39, 0.29) is 12.0 Å². The summed E-state index contributed by atoms with van der Waals surface area (Å²) in [6.45, 7) is 2.02. The lowest BCUT2D eigenvalue weighted by Crippen LogP contribution is -2.19. The Bertz CT molecular complexity index is 506. The van der Waals surface area contributed by atoms with Crippen LogP contribution in [0, 0.1) is 0 Å². The minimum atomic E-state index is 0.114. The Morgan fingerprint density at radius 3 is 1.79 bits per heavy atom. The van der Waals surface area contributed by atoms with Crippen molar-refractivity contribution < 1.29 is 0 Å². The predicted molar refractivity (Wildman–Crippen MR) is 83.0 cm³/mol. The van der Waals surface area contributed by atoms with Crippen LogP contribution in [0.1, 0.15) is 30.4 Å². The van der Waals surface area contributed by atoms with Crippen LogP contribution in [0.3, 0.4) is 0 Å². The van der Waals surface area contributed by atoms with Crippen molar-refractivity contribution in [3.63, 3.8) is 0 Å². The number of halogens is 2. The lowest BCUT2D eigenvalue weighted by molar-refractivity contribution is 0.608. The fourth-order valence-corrected chi connectivity index (χ4v) is 2.68.